The Labute approximate surface area is 175 Å². The van der Waals surface area contributed by atoms with Crippen LogP contribution in [0.15, 0.2) is 66.7 Å². The second kappa shape index (κ2) is 8.82. The van der Waals surface area contributed by atoms with Crippen molar-refractivity contribution in [1.82, 2.24) is 0 Å². The number of amides is 2. The van der Waals surface area contributed by atoms with E-state index in [-0.39, 0.29) is 17.0 Å². The summed E-state index contributed by atoms with van der Waals surface area (Å²) in [7, 11) is 0. The first-order valence-corrected chi connectivity index (χ1v) is 8.97. The number of rotatable bonds is 6. The monoisotopic (exact) mass is 420 g/mol. The summed E-state index contributed by atoms with van der Waals surface area (Å²) in [5, 5.41) is 27.6. The van der Waals surface area contributed by atoms with E-state index in [1.54, 1.807) is 48.5 Å². The van der Waals surface area contributed by atoms with Gasteiger partial charge in [-0.3, -0.25) is 29.8 Å². The van der Waals surface area contributed by atoms with Gasteiger partial charge in [0.05, 0.1) is 15.4 Å². The highest BCUT2D eigenvalue weighted by molar-refractivity contribution is 6.07. The van der Waals surface area contributed by atoms with Gasteiger partial charge in [-0.1, -0.05) is 24.3 Å². The van der Waals surface area contributed by atoms with Gasteiger partial charge in [-0.25, -0.2) is 0 Å². The molecule has 0 radical (unpaired) electrons. The zero-order valence-electron chi connectivity index (χ0n) is 16.2. The smallest absolute Gasteiger partial charge is 0.279 e. The van der Waals surface area contributed by atoms with Crippen LogP contribution >= 0.6 is 0 Å². The second-order valence-corrected chi connectivity index (χ2v) is 6.51. The van der Waals surface area contributed by atoms with Gasteiger partial charge in [-0.2, -0.15) is 0 Å². The van der Waals surface area contributed by atoms with Gasteiger partial charge in [0.1, 0.15) is 5.56 Å². The summed E-state index contributed by atoms with van der Waals surface area (Å²) >= 11 is 0. The standard InChI is InChI=1S/C21H16N4O6/c1-13-18(24(28)29)10-15(11-19(13)25(30)31)21(27)23-17-9-5-8-16(12-17)22-20(26)14-6-3-2-4-7-14/h2-12H,1H3,(H,22,26)(H,23,27). The van der Waals surface area contributed by atoms with Gasteiger partial charge in [0.25, 0.3) is 23.2 Å². The number of nitrogens with zero attached hydrogens (tertiary/aromatic N) is 2. The van der Waals surface area contributed by atoms with Crippen molar-refractivity contribution in [3.8, 4) is 0 Å². The van der Waals surface area contributed by atoms with Crippen LogP contribution in [0.5, 0.6) is 0 Å². The summed E-state index contributed by atoms with van der Waals surface area (Å²) in [6.07, 6.45) is 0. The number of nitro benzene ring substituents is 2. The van der Waals surface area contributed by atoms with Crippen molar-refractivity contribution in [3.05, 3.63) is 104 Å². The highest BCUT2D eigenvalue weighted by Crippen LogP contribution is 2.30. The lowest BCUT2D eigenvalue weighted by Crippen LogP contribution is -2.14. The van der Waals surface area contributed by atoms with E-state index in [1.165, 1.54) is 13.0 Å². The van der Waals surface area contributed by atoms with E-state index in [0.717, 1.165) is 12.1 Å². The molecule has 2 N–H and O–H groups in total. The Bertz CT molecular complexity index is 1160. The zero-order chi connectivity index (χ0) is 22.5. The SMILES string of the molecule is Cc1c([N+](=O)[O-])cc(C(=O)Nc2cccc(NC(=O)c3ccccc3)c2)cc1[N+](=O)[O-]. The van der Waals surface area contributed by atoms with Crippen molar-refractivity contribution < 1.29 is 19.4 Å². The summed E-state index contributed by atoms with van der Waals surface area (Å²) in [5.74, 6) is -1.11. The van der Waals surface area contributed by atoms with Crippen molar-refractivity contribution in [1.29, 1.82) is 0 Å². The van der Waals surface area contributed by atoms with Gasteiger partial charge >= 0.3 is 0 Å². The number of carbonyl (C=O) groups is 2. The fourth-order valence-electron chi connectivity index (χ4n) is 2.87. The van der Waals surface area contributed by atoms with E-state index in [1.807, 2.05) is 0 Å². The van der Waals surface area contributed by atoms with Crippen molar-refractivity contribution in [3.63, 3.8) is 0 Å². The molecule has 3 aromatic rings. The van der Waals surface area contributed by atoms with Crippen LogP contribution < -0.4 is 10.6 Å². The third kappa shape index (κ3) is 4.88. The highest BCUT2D eigenvalue weighted by Gasteiger charge is 2.25. The average Bonchev–Trinajstić information content (AvgIpc) is 2.74. The van der Waals surface area contributed by atoms with E-state index in [9.17, 15) is 29.8 Å². The fraction of sp³-hybridized carbons (Fsp3) is 0.0476. The molecule has 10 nitrogen and oxygen atoms in total. The van der Waals surface area contributed by atoms with Crippen LogP contribution in [0.4, 0.5) is 22.7 Å². The van der Waals surface area contributed by atoms with E-state index in [0.29, 0.717) is 16.9 Å². The predicted octanol–water partition coefficient (Wildman–Crippen LogP) is 4.32. The normalized spacial score (nSPS) is 10.2. The molecular weight excluding hydrogens is 404 g/mol. The lowest BCUT2D eigenvalue weighted by molar-refractivity contribution is -0.395. The predicted molar refractivity (Wildman–Crippen MR) is 113 cm³/mol. The van der Waals surface area contributed by atoms with Crippen LogP contribution in [0.2, 0.25) is 0 Å². The molecule has 0 heterocycles. The number of anilines is 2. The maximum absolute atomic E-state index is 12.6. The first-order valence-electron chi connectivity index (χ1n) is 8.97. The number of hydrogen-bond donors (Lipinski definition) is 2. The minimum absolute atomic E-state index is 0.142. The van der Waals surface area contributed by atoms with E-state index < -0.39 is 27.1 Å². The van der Waals surface area contributed by atoms with Crippen molar-refractivity contribution in [2.24, 2.45) is 0 Å². The minimum Gasteiger partial charge on any atom is -0.322 e. The Morgan fingerprint density at radius 3 is 1.68 bits per heavy atom. The quantitative estimate of drug-likeness (QED) is 0.449. The van der Waals surface area contributed by atoms with Crippen LogP contribution in [0.1, 0.15) is 26.3 Å². The van der Waals surface area contributed by atoms with Crippen molar-refractivity contribution in [2.45, 2.75) is 6.92 Å². The van der Waals surface area contributed by atoms with Crippen LogP contribution in [0, 0.1) is 27.2 Å². The zero-order valence-corrected chi connectivity index (χ0v) is 16.2. The first-order chi connectivity index (χ1) is 14.8. The van der Waals surface area contributed by atoms with Gasteiger partial charge in [-0.15, -0.1) is 0 Å². The van der Waals surface area contributed by atoms with Gasteiger partial charge in [-0.05, 0) is 37.3 Å². The summed E-state index contributed by atoms with van der Waals surface area (Å²) in [6.45, 7) is 1.25. The molecule has 10 heteroatoms. The number of benzene rings is 3. The third-order valence-corrected chi connectivity index (χ3v) is 4.42. The molecule has 0 spiro atoms. The van der Waals surface area contributed by atoms with Crippen LogP contribution in [-0.2, 0) is 0 Å². The minimum atomic E-state index is -0.779. The topological polar surface area (TPSA) is 144 Å². The maximum Gasteiger partial charge on any atom is 0.279 e. The molecule has 0 bridgehead atoms. The molecule has 0 fully saturated rings. The summed E-state index contributed by atoms with van der Waals surface area (Å²) in [6, 6.07) is 16.8. The van der Waals surface area contributed by atoms with E-state index >= 15 is 0 Å². The van der Waals surface area contributed by atoms with Gasteiger partial charge in [0.15, 0.2) is 0 Å². The largest absolute Gasteiger partial charge is 0.322 e. The molecule has 3 rings (SSSR count). The molecule has 0 aliphatic rings. The lowest BCUT2D eigenvalue weighted by Gasteiger charge is -2.09. The Kier molecular flexibility index (Phi) is 6.01. The molecule has 0 unspecified atom stereocenters. The third-order valence-electron chi connectivity index (χ3n) is 4.42. The molecular formula is C21H16N4O6. The highest BCUT2D eigenvalue weighted by atomic mass is 16.6. The molecule has 0 aliphatic carbocycles. The Hall–Kier alpha value is -4.60. The second-order valence-electron chi connectivity index (χ2n) is 6.51. The van der Waals surface area contributed by atoms with Gasteiger partial charge in [0.2, 0.25) is 0 Å². The molecule has 3 aromatic carbocycles. The number of nitrogens with one attached hydrogen (secondary N) is 2. The van der Waals surface area contributed by atoms with Gasteiger partial charge in [0, 0.05) is 29.1 Å². The van der Waals surface area contributed by atoms with Crippen LogP contribution in [-0.4, -0.2) is 21.7 Å². The number of carbonyl (C=O) groups excluding carboxylic acids is 2. The summed E-state index contributed by atoms with van der Waals surface area (Å²) in [4.78, 5) is 45.7. The van der Waals surface area contributed by atoms with Crippen molar-refractivity contribution in [2.75, 3.05) is 10.6 Å². The fourth-order valence-corrected chi connectivity index (χ4v) is 2.87. The van der Waals surface area contributed by atoms with Crippen molar-refractivity contribution >= 4 is 34.6 Å². The molecule has 156 valence electrons. The number of nitro groups is 2. The van der Waals surface area contributed by atoms with Crippen LogP contribution in [0.25, 0.3) is 0 Å². The summed E-state index contributed by atoms with van der Waals surface area (Å²) in [5.41, 5.74) is -0.267. The summed E-state index contributed by atoms with van der Waals surface area (Å²) < 4.78 is 0. The van der Waals surface area contributed by atoms with Crippen LogP contribution in [0.3, 0.4) is 0 Å². The molecule has 0 aliphatic heterocycles. The first kappa shape index (κ1) is 21.1. The van der Waals surface area contributed by atoms with E-state index in [4.69, 9.17) is 0 Å². The average molecular weight is 420 g/mol. The molecule has 2 amide bonds. The number of hydrogen-bond acceptors (Lipinski definition) is 6. The molecule has 0 aromatic heterocycles. The Morgan fingerprint density at radius 1 is 0.710 bits per heavy atom. The molecule has 0 saturated carbocycles. The lowest BCUT2D eigenvalue weighted by atomic mass is 10.1. The Balaban J connectivity index is 1.83. The van der Waals surface area contributed by atoms with Gasteiger partial charge < -0.3 is 10.6 Å². The molecule has 0 atom stereocenters. The van der Waals surface area contributed by atoms with E-state index in [2.05, 4.69) is 10.6 Å². The maximum atomic E-state index is 12.6. The Morgan fingerprint density at radius 2 is 1.19 bits per heavy atom. The molecule has 0 saturated heterocycles. The molecule has 31 heavy (non-hydrogen) atoms.